The van der Waals surface area contributed by atoms with E-state index in [1.54, 1.807) is 7.11 Å². The highest BCUT2D eigenvalue weighted by Crippen LogP contribution is 2.37. The fraction of sp³-hybridized carbons (Fsp3) is 0.667. The monoisotopic (exact) mass is 253 g/mol. The Kier molecular flexibility index (Phi) is 4.72. The van der Waals surface area contributed by atoms with E-state index in [4.69, 9.17) is 9.47 Å². The van der Waals surface area contributed by atoms with Crippen LogP contribution in [-0.4, -0.2) is 43.4 Å². The van der Waals surface area contributed by atoms with Crippen molar-refractivity contribution in [3.63, 3.8) is 0 Å². The molecule has 0 atom stereocenters. The van der Waals surface area contributed by atoms with Crippen LogP contribution >= 0.6 is 0 Å². The summed E-state index contributed by atoms with van der Waals surface area (Å²) in [5.74, 6) is 1.86. The minimum absolute atomic E-state index is 0.102. The average Bonchev–Trinajstić information content (AvgIpc) is 3.17. The molecule has 2 N–H and O–H groups in total. The Hall–Kier alpha value is -1.40. The second-order valence-corrected chi connectivity index (χ2v) is 4.32. The lowest BCUT2D eigenvalue weighted by molar-refractivity contribution is 0.0759. The number of anilines is 1. The average molecular weight is 253 g/mol. The third-order valence-electron chi connectivity index (χ3n) is 2.71. The predicted molar refractivity (Wildman–Crippen MR) is 68.0 cm³/mol. The zero-order valence-electron chi connectivity index (χ0n) is 10.6. The van der Waals surface area contributed by atoms with Gasteiger partial charge in [-0.15, -0.1) is 0 Å². The molecule has 0 unspecified atom stereocenters. The van der Waals surface area contributed by atoms with Gasteiger partial charge >= 0.3 is 0 Å². The number of nitrogens with one attached hydrogen (secondary N) is 2. The Bertz CT molecular complexity index is 429. The van der Waals surface area contributed by atoms with Gasteiger partial charge in [0.05, 0.1) is 19.8 Å². The van der Waals surface area contributed by atoms with Crippen LogP contribution in [0.5, 0.6) is 0 Å². The standard InChI is InChI=1S/C12H19N3O3/c1-17-6-7-18-5-4-13-10-8-11(16)15-12(14-10)9-2-3-9/h8-9H,2-7H2,1H3,(H2,13,14,15,16). The van der Waals surface area contributed by atoms with Crippen molar-refractivity contribution in [1.29, 1.82) is 0 Å². The largest absolute Gasteiger partial charge is 0.382 e. The molecule has 6 nitrogen and oxygen atoms in total. The molecular weight excluding hydrogens is 234 g/mol. The Morgan fingerprint density at radius 3 is 3.00 bits per heavy atom. The molecule has 0 aromatic carbocycles. The van der Waals surface area contributed by atoms with Crippen LogP contribution in [0.15, 0.2) is 10.9 Å². The van der Waals surface area contributed by atoms with Crippen molar-refractivity contribution in [2.45, 2.75) is 18.8 Å². The second kappa shape index (κ2) is 6.51. The number of H-pyrrole nitrogens is 1. The summed E-state index contributed by atoms with van der Waals surface area (Å²) in [6.45, 7) is 2.37. The molecule has 6 heteroatoms. The summed E-state index contributed by atoms with van der Waals surface area (Å²) in [6.07, 6.45) is 2.24. The number of methoxy groups -OCH3 is 1. The van der Waals surface area contributed by atoms with Gasteiger partial charge in [0, 0.05) is 25.6 Å². The van der Waals surface area contributed by atoms with Crippen molar-refractivity contribution < 1.29 is 9.47 Å². The van der Waals surface area contributed by atoms with E-state index in [0.29, 0.717) is 38.1 Å². The van der Waals surface area contributed by atoms with Crippen LogP contribution in [0.2, 0.25) is 0 Å². The van der Waals surface area contributed by atoms with E-state index in [-0.39, 0.29) is 5.56 Å². The molecule has 0 radical (unpaired) electrons. The number of aromatic amines is 1. The summed E-state index contributed by atoms with van der Waals surface area (Å²) in [4.78, 5) is 18.6. The van der Waals surface area contributed by atoms with Crippen molar-refractivity contribution in [2.24, 2.45) is 0 Å². The quantitative estimate of drug-likeness (QED) is 0.668. The summed E-state index contributed by atoms with van der Waals surface area (Å²) in [6, 6.07) is 1.47. The van der Waals surface area contributed by atoms with Crippen LogP contribution in [0.3, 0.4) is 0 Å². The van der Waals surface area contributed by atoms with Crippen LogP contribution < -0.4 is 10.9 Å². The Labute approximate surface area is 106 Å². The number of hydrogen-bond acceptors (Lipinski definition) is 5. The van der Waals surface area contributed by atoms with Crippen molar-refractivity contribution >= 4 is 5.82 Å². The van der Waals surface area contributed by atoms with Gasteiger partial charge in [-0.25, -0.2) is 4.98 Å². The van der Waals surface area contributed by atoms with E-state index >= 15 is 0 Å². The topological polar surface area (TPSA) is 76.2 Å². The molecule has 0 spiro atoms. The van der Waals surface area contributed by atoms with Crippen molar-refractivity contribution in [3.8, 4) is 0 Å². The molecule has 1 saturated carbocycles. The molecule has 0 aliphatic heterocycles. The first kappa shape index (κ1) is 13.0. The Morgan fingerprint density at radius 2 is 2.28 bits per heavy atom. The molecule has 100 valence electrons. The predicted octanol–water partition coefficient (Wildman–Crippen LogP) is 0.722. The molecule has 1 aliphatic rings. The SMILES string of the molecule is COCCOCCNc1cc(=O)[nH]c(C2CC2)n1. The highest BCUT2D eigenvalue weighted by Gasteiger charge is 2.26. The zero-order valence-corrected chi connectivity index (χ0v) is 10.6. The summed E-state index contributed by atoms with van der Waals surface area (Å²) in [5.41, 5.74) is -0.102. The lowest BCUT2D eigenvalue weighted by Gasteiger charge is -2.07. The first-order valence-electron chi connectivity index (χ1n) is 6.21. The second-order valence-electron chi connectivity index (χ2n) is 4.32. The van der Waals surface area contributed by atoms with Crippen LogP contribution in [0.4, 0.5) is 5.82 Å². The van der Waals surface area contributed by atoms with Gasteiger partial charge in [0.2, 0.25) is 0 Å². The first-order chi connectivity index (χ1) is 8.79. The van der Waals surface area contributed by atoms with Crippen LogP contribution in [0.1, 0.15) is 24.6 Å². The van der Waals surface area contributed by atoms with Gasteiger partial charge < -0.3 is 19.8 Å². The maximum atomic E-state index is 11.4. The molecule has 0 bridgehead atoms. The summed E-state index contributed by atoms with van der Waals surface area (Å²) < 4.78 is 10.2. The van der Waals surface area contributed by atoms with Gasteiger partial charge in [0.25, 0.3) is 5.56 Å². The highest BCUT2D eigenvalue weighted by atomic mass is 16.5. The molecule has 0 amide bonds. The van der Waals surface area contributed by atoms with E-state index in [1.807, 2.05) is 0 Å². The number of rotatable bonds is 8. The first-order valence-corrected chi connectivity index (χ1v) is 6.21. The van der Waals surface area contributed by atoms with Gasteiger partial charge in [0.15, 0.2) is 0 Å². The summed E-state index contributed by atoms with van der Waals surface area (Å²) in [5, 5.41) is 3.09. The van der Waals surface area contributed by atoms with E-state index in [0.717, 1.165) is 18.7 Å². The molecule has 1 heterocycles. The van der Waals surface area contributed by atoms with E-state index in [1.165, 1.54) is 6.07 Å². The maximum absolute atomic E-state index is 11.4. The fourth-order valence-electron chi connectivity index (χ4n) is 1.61. The molecule has 2 rings (SSSR count). The van der Waals surface area contributed by atoms with Gasteiger partial charge in [-0.05, 0) is 12.8 Å². The lowest BCUT2D eigenvalue weighted by Crippen LogP contribution is -2.16. The Balaban J connectivity index is 1.76. The number of nitrogens with zero attached hydrogens (tertiary/aromatic N) is 1. The van der Waals surface area contributed by atoms with Gasteiger partial charge in [-0.2, -0.15) is 0 Å². The lowest BCUT2D eigenvalue weighted by atomic mass is 10.4. The smallest absolute Gasteiger partial charge is 0.252 e. The van der Waals surface area contributed by atoms with Crippen LogP contribution in [0.25, 0.3) is 0 Å². The third kappa shape index (κ3) is 4.12. The molecule has 1 aliphatic carbocycles. The molecule has 18 heavy (non-hydrogen) atoms. The zero-order chi connectivity index (χ0) is 12.8. The highest BCUT2D eigenvalue weighted by molar-refractivity contribution is 5.33. The molecular formula is C12H19N3O3. The number of ether oxygens (including phenoxy) is 2. The third-order valence-corrected chi connectivity index (χ3v) is 2.71. The van der Waals surface area contributed by atoms with E-state index in [9.17, 15) is 4.79 Å². The van der Waals surface area contributed by atoms with Crippen molar-refractivity contribution in [2.75, 3.05) is 38.8 Å². The van der Waals surface area contributed by atoms with Crippen molar-refractivity contribution in [1.82, 2.24) is 9.97 Å². The molecule has 1 fully saturated rings. The molecule has 1 aromatic rings. The number of hydrogen-bond donors (Lipinski definition) is 2. The van der Waals surface area contributed by atoms with Gasteiger partial charge in [-0.3, -0.25) is 4.79 Å². The minimum Gasteiger partial charge on any atom is -0.382 e. The minimum atomic E-state index is -0.102. The van der Waals surface area contributed by atoms with Crippen LogP contribution in [0, 0.1) is 0 Å². The molecule has 0 saturated heterocycles. The van der Waals surface area contributed by atoms with E-state index < -0.39 is 0 Å². The van der Waals surface area contributed by atoms with E-state index in [2.05, 4.69) is 15.3 Å². The summed E-state index contributed by atoms with van der Waals surface area (Å²) >= 11 is 0. The normalized spacial score (nSPS) is 14.7. The summed E-state index contributed by atoms with van der Waals surface area (Å²) in [7, 11) is 1.64. The van der Waals surface area contributed by atoms with Crippen molar-refractivity contribution in [3.05, 3.63) is 22.2 Å². The maximum Gasteiger partial charge on any atom is 0.252 e. The van der Waals surface area contributed by atoms with Crippen LogP contribution in [-0.2, 0) is 9.47 Å². The van der Waals surface area contributed by atoms with Gasteiger partial charge in [0.1, 0.15) is 11.6 Å². The molecule has 1 aromatic heterocycles. The number of aromatic nitrogens is 2. The van der Waals surface area contributed by atoms with Gasteiger partial charge in [-0.1, -0.05) is 0 Å². The Morgan fingerprint density at radius 1 is 1.44 bits per heavy atom. The fourth-order valence-corrected chi connectivity index (χ4v) is 1.61.